The molecule has 0 spiro atoms. The van der Waals surface area contributed by atoms with Gasteiger partial charge in [0.25, 0.3) is 5.91 Å². The van der Waals surface area contributed by atoms with E-state index in [0.717, 1.165) is 35.1 Å². The lowest BCUT2D eigenvalue weighted by molar-refractivity contribution is 0.0635. The van der Waals surface area contributed by atoms with Gasteiger partial charge in [-0.05, 0) is 57.6 Å². The molecule has 2 rings (SSSR count). The molecule has 1 fully saturated rings. The second kappa shape index (κ2) is 6.06. The van der Waals surface area contributed by atoms with Crippen LogP contribution in [0.1, 0.15) is 28.8 Å². The molecule has 1 atom stereocenters. The average molecular weight is 325 g/mol. The third kappa shape index (κ3) is 3.57. The zero-order chi connectivity index (χ0) is 14.0. The smallest absolute Gasteiger partial charge is 0.253 e. The first-order valence-corrected chi connectivity index (χ1v) is 7.49. The quantitative estimate of drug-likeness (QED) is 0.835. The van der Waals surface area contributed by atoms with Crippen LogP contribution in [0.25, 0.3) is 0 Å². The predicted octanol–water partition coefficient (Wildman–Crippen LogP) is 2.92. The molecule has 0 N–H and O–H groups in total. The maximum atomic E-state index is 12.6. The monoisotopic (exact) mass is 324 g/mol. The first-order chi connectivity index (χ1) is 8.97. The fourth-order valence-corrected chi connectivity index (χ4v) is 3.21. The van der Waals surface area contributed by atoms with Gasteiger partial charge in [0, 0.05) is 29.2 Å². The maximum absolute atomic E-state index is 12.6. The summed E-state index contributed by atoms with van der Waals surface area (Å²) < 4.78 is 0.969. The molecule has 0 aromatic heterocycles. The molecule has 1 heterocycles. The Balaban J connectivity index is 2.14. The van der Waals surface area contributed by atoms with Crippen LogP contribution >= 0.6 is 15.9 Å². The number of carbonyl (C=O) groups is 1. The van der Waals surface area contributed by atoms with Crippen molar-refractivity contribution in [3.8, 4) is 0 Å². The molecule has 0 aliphatic carbocycles. The average Bonchev–Trinajstić information content (AvgIpc) is 2.37. The largest absolute Gasteiger partial charge is 0.337 e. The Hall–Kier alpha value is -0.870. The lowest BCUT2D eigenvalue weighted by atomic mass is 10.0. The number of benzene rings is 1. The maximum Gasteiger partial charge on any atom is 0.253 e. The Morgan fingerprint density at radius 2 is 2.11 bits per heavy atom. The van der Waals surface area contributed by atoms with Gasteiger partial charge in [0.15, 0.2) is 0 Å². The van der Waals surface area contributed by atoms with E-state index in [1.807, 2.05) is 30.0 Å². The van der Waals surface area contributed by atoms with Crippen molar-refractivity contribution in [3.63, 3.8) is 0 Å². The zero-order valence-corrected chi connectivity index (χ0v) is 13.4. The van der Waals surface area contributed by atoms with Gasteiger partial charge in [-0.2, -0.15) is 0 Å². The number of piperidine rings is 1. The number of rotatable bonds is 2. The number of hydrogen-bond acceptors (Lipinski definition) is 2. The highest BCUT2D eigenvalue weighted by molar-refractivity contribution is 9.10. The van der Waals surface area contributed by atoms with Crippen molar-refractivity contribution in [3.05, 3.63) is 33.8 Å². The first kappa shape index (κ1) is 14.5. The molecule has 104 valence electrons. The zero-order valence-electron chi connectivity index (χ0n) is 11.8. The van der Waals surface area contributed by atoms with E-state index in [4.69, 9.17) is 0 Å². The van der Waals surface area contributed by atoms with Gasteiger partial charge in [0.2, 0.25) is 0 Å². The van der Waals surface area contributed by atoms with Gasteiger partial charge >= 0.3 is 0 Å². The van der Waals surface area contributed by atoms with Crippen LogP contribution in [0.5, 0.6) is 0 Å². The van der Waals surface area contributed by atoms with Crippen molar-refractivity contribution < 1.29 is 4.79 Å². The molecule has 1 unspecified atom stereocenters. The van der Waals surface area contributed by atoms with E-state index in [1.165, 1.54) is 6.42 Å². The van der Waals surface area contributed by atoms with Crippen molar-refractivity contribution in [2.24, 2.45) is 0 Å². The number of nitrogens with zero attached hydrogens (tertiary/aromatic N) is 2. The van der Waals surface area contributed by atoms with Crippen LogP contribution in [-0.2, 0) is 0 Å². The summed E-state index contributed by atoms with van der Waals surface area (Å²) in [5.41, 5.74) is 1.89. The Labute approximate surface area is 123 Å². The number of amides is 1. The van der Waals surface area contributed by atoms with Crippen LogP contribution in [0, 0.1) is 6.92 Å². The standard InChI is InChI=1S/C15H21BrN2O/c1-11-7-12(9-13(16)8-11)15(19)18-6-4-5-14(10-18)17(2)3/h7-9,14H,4-6,10H2,1-3H3. The minimum absolute atomic E-state index is 0.149. The van der Waals surface area contributed by atoms with Gasteiger partial charge in [-0.3, -0.25) is 4.79 Å². The number of aryl methyl sites for hydroxylation is 1. The Kier molecular flexibility index (Phi) is 4.63. The highest BCUT2D eigenvalue weighted by atomic mass is 79.9. The fourth-order valence-electron chi connectivity index (χ4n) is 2.60. The molecular weight excluding hydrogens is 304 g/mol. The van der Waals surface area contributed by atoms with E-state index in [-0.39, 0.29) is 5.91 Å². The summed E-state index contributed by atoms with van der Waals surface area (Å²) in [6, 6.07) is 6.38. The van der Waals surface area contributed by atoms with Crippen LogP contribution in [0.15, 0.2) is 22.7 Å². The molecule has 1 aromatic rings. The van der Waals surface area contributed by atoms with E-state index >= 15 is 0 Å². The summed E-state index contributed by atoms with van der Waals surface area (Å²) in [4.78, 5) is 16.8. The summed E-state index contributed by atoms with van der Waals surface area (Å²) in [6.45, 7) is 3.71. The van der Waals surface area contributed by atoms with Gasteiger partial charge in [0.05, 0.1) is 0 Å². The van der Waals surface area contributed by atoms with E-state index in [0.29, 0.717) is 6.04 Å². The van der Waals surface area contributed by atoms with E-state index < -0.39 is 0 Å². The number of carbonyl (C=O) groups excluding carboxylic acids is 1. The Bertz CT molecular complexity index is 453. The van der Waals surface area contributed by atoms with E-state index in [1.54, 1.807) is 0 Å². The highest BCUT2D eigenvalue weighted by Gasteiger charge is 2.25. The molecule has 1 aliphatic rings. The summed E-state index contributed by atoms with van der Waals surface area (Å²) in [5.74, 6) is 0.149. The summed E-state index contributed by atoms with van der Waals surface area (Å²) >= 11 is 3.46. The second-order valence-electron chi connectivity index (χ2n) is 5.53. The molecule has 0 saturated carbocycles. The summed E-state index contributed by atoms with van der Waals surface area (Å²) in [7, 11) is 4.17. The normalized spacial score (nSPS) is 19.8. The van der Waals surface area contributed by atoms with Gasteiger partial charge in [0.1, 0.15) is 0 Å². The number of likely N-dealkylation sites (N-methyl/N-ethyl adjacent to an activating group) is 1. The van der Waals surface area contributed by atoms with Crippen molar-refractivity contribution in [1.29, 1.82) is 0 Å². The topological polar surface area (TPSA) is 23.6 Å². The number of likely N-dealkylation sites (tertiary alicyclic amines) is 1. The molecule has 19 heavy (non-hydrogen) atoms. The molecule has 3 nitrogen and oxygen atoms in total. The van der Waals surface area contributed by atoms with Gasteiger partial charge in [-0.15, -0.1) is 0 Å². The van der Waals surface area contributed by atoms with Crippen molar-refractivity contribution in [2.45, 2.75) is 25.8 Å². The van der Waals surface area contributed by atoms with Crippen molar-refractivity contribution >= 4 is 21.8 Å². The van der Waals surface area contributed by atoms with Crippen LogP contribution in [0.4, 0.5) is 0 Å². The predicted molar refractivity (Wildman–Crippen MR) is 81.5 cm³/mol. The van der Waals surface area contributed by atoms with Crippen LogP contribution in [0.2, 0.25) is 0 Å². The molecule has 0 radical (unpaired) electrons. The molecule has 4 heteroatoms. The van der Waals surface area contributed by atoms with Crippen LogP contribution < -0.4 is 0 Å². The Morgan fingerprint density at radius 1 is 1.37 bits per heavy atom. The number of halogens is 1. The van der Waals surface area contributed by atoms with Gasteiger partial charge < -0.3 is 9.80 Å². The molecule has 1 aromatic carbocycles. The third-order valence-corrected chi connectivity index (χ3v) is 4.16. The Morgan fingerprint density at radius 3 is 2.74 bits per heavy atom. The van der Waals surface area contributed by atoms with Crippen molar-refractivity contribution in [1.82, 2.24) is 9.80 Å². The summed E-state index contributed by atoms with van der Waals surface area (Å²) in [6.07, 6.45) is 2.26. The SMILES string of the molecule is Cc1cc(Br)cc(C(=O)N2CCCC(N(C)C)C2)c1. The van der Waals surface area contributed by atoms with E-state index in [2.05, 4.69) is 34.9 Å². The first-order valence-electron chi connectivity index (χ1n) is 6.70. The minimum atomic E-state index is 0.149. The second-order valence-corrected chi connectivity index (χ2v) is 6.44. The number of hydrogen-bond donors (Lipinski definition) is 0. The van der Waals surface area contributed by atoms with Crippen LogP contribution in [0.3, 0.4) is 0 Å². The van der Waals surface area contributed by atoms with E-state index in [9.17, 15) is 4.79 Å². The molecule has 1 aliphatic heterocycles. The van der Waals surface area contributed by atoms with Gasteiger partial charge in [-0.1, -0.05) is 15.9 Å². The van der Waals surface area contributed by atoms with Crippen molar-refractivity contribution in [2.75, 3.05) is 27.2 Å². The lowest BCUT2D eigenvalue weighted by Crippen LogP contribution is -2.47. The molecule has 1 saturated heterocycles. The summed E-state index contributed by atoms with van der Waals surface area (Å²) in [5, 5.41) is 0. The lowest BCUT2D eigenvalue weighted by Gasteiger charge is -2.36. The molecule has 0 bridgehead atoms. The minimum Gasteiger partial charge on any atom is -0.337 e. The molecule has 1 amide bonds. The van der Waals surface area contributed by atoms with Crippen LogP contribution in [-0.4, -0.2) is 48.9 Å². The van der Waals surface area contributed by atoms with Gasteiger partial charge in [-0.25, -0.2) is 0 Å². The fraction of sp³-hybridized carbons (Fsp3) is 0.533. The highest BCUT2D eigenvalue weighted by Crippen LogP contribution is 2.20. The molecular formula is C15H21BrN2O. The third-order valence-electron chi connectivity index (χ3n) is 3.70.